The molecule has 17 heavy (non-hydrogen) atoms. The van der Waals surface area contributed by atoms with Crippen molar-refractivity contribution in [1.82, 2.24) is 10.3 Å². The summed E-state index contributed by atoms with van der Waals surface area (Å²) in [6, 6.07) is 0. The molecule has 4 nitrogen and oxygen atoms in total. The third-order valence-electron chi connectivity index (χ3n) is 3.05. The first-order valence-electron chi connectivity index (χ1n) is 5.73. The van der Waals surface area contributed by atoms with Crippen molar-refractivity contribution in [3.05, 3.63) is 20.7 Å². The lowest BCUT2D eigenvalue weighted by molar-refractivity contribution is 0.390. The highest BCUT2D eigenvalue weighted by atomic mass is 32.2. The molecule has 2 heterocycles. The van der Waals surface area contributed by atoms with E-state index in [4.69, 9.17) is 0 Å². The number of aliphatic imine (C=N–C) groups is 1. The van der Waals surface area contributed by atoms with E-state index in [1.165, 1.54) is 17.8 Å². The van der Waals surface area contributed by atoms with E-state index in [-0.39, 0.29) is 10.4 Å². The maximum atomic E-state index is 11.0. The van der Waals surface area contributed by atoms with Gasteiger partial charge in [0.15, 0.2) is 5.17 Å². The Kier molecular flexibility index (Phi) is 3.93. The number of aromatic amines is 1. The normalized spacial score (nSPS) is 27.1. The van der Waals surface area contributed by atoms with Crippen molar-refractivity contribution in [2.24, 2.45) is 4.99 Å². The zero-order valence-electron chi connectivity index (χ0n) is 10.1. The number of nitrogens with one attached hydrogen (secondary N) is 2. The van der Waals surface area contributed by atoms with E-state index >= 15 is 0 Å². The number of hydrogen-bond donors (Lipinski definition) is 2. The molecular formula is C11H17N3OS2. The molecule has 1 aromatic rings. The van der Waals surface area contributed by atoms with Crippen LogP contribution in [-0.4, -0.2) is 21.4 Å². The molecule has 2 N–H and O–H groups in total. The van der Waals surface area contributed by atoms with Crippen molar-refractivity contribution >= 4 is 28.3 Å². The molecular weight excluding hydrogens is 254 g/mol. The molecule has 0 aliphatic carbocycles. The minimum atomic E-state index is -0.0112. The molecule has 0 spiro atoms. The van der Waals surface area contributed by atoms with E-state index in [0.717, 1.165) is 23.0 Å². The summed E-state index contributed by atoms with van der Waals surface area (Å²) < 4.78 is 0. The highest BCUT2D eigenvalue weighted by Gasteiger charge is 2.27. The second kappa shape index (κ2) is 5.27. The van der Waals surface area contributed by atoms with Gasteiger partial charge in [0, 0.05) is 16.7 Å². The van der Waals surface area contributed by atoms with Gasteiger partial charge < -0.3 is 10.3 Å². The predicted octanol–water partition coefficient (Wildman–Crippen LogP) is 2.19. The lowest BCUT2D eigenvalue weighted by Gasteiger charge is -2.35. The Morgan fingerprint density at radius 2 is 2.41 bits per heavy atom. The van der Waals surface area contributed by atoms with Gasteiger partial charge in [-0.25, -0.2) is 0 Å². The maximum Gasteiger partial charge on any atom is 0.304 e. The Balaban J connectivity index is 2.00. The number of rotatable bonds is 3. The molecule has 1 unspecified atom stereocenters. The monoisotopic (exact) mass is 271 g/mol. The second-order valence-corrected chi connectivity index (χ2v) is 6.36. The highest BCUT2D eigenvalue weighted by Crippen LogP contribution is 2.24. The van der Waals surface area contributed by atoms with Gasteiger partial charge in [0.05, 0.1) is 12.2 Å². The molecule has 0 aromatic carbocycles. The fourth-order valence-electron chi connectivity index (χ4n) is 1.63. The smallest absolute Gasteiger partial charge is 0.304 e. The lowest BCUT2D eigenvalue weighted by Crippen LogP contribution is -2.48. The lowest BCUT2D eigenvalue weighted by atomic mass is 9.96. The quantitative estimate of drug-likeness (QED) is 0.886. The van der Waals surface area contributed by atoms with Gasteiger partial charge >= 0.3 is 4.87 Å². The molecule has 0 radical (unpaired) electrons. The van der Waals surface area contributed by atoms with E-state index in [0.29, 0.717) is 6.54 Å². The van der Waals surface area contributed by atoms with Crippen LogP contribution >= 0.6 is 23.1 Å². The molecule has 1 atom stereocenters. The van der Waals surface area contributed by atoms with Crippen LogP contribution in [-0.2, 0) is 6.54 Å². The first-order chi connectivity index (χ1) is 8.11. The zero-order valence-corrected chi connectivity index (χ0v) is 11.7. The van der Waals surface area contributed by atoms with Crippen molar-refractivity contribution in [2.75, 3.05) is 5.75 Å². The van der Waals surface area contributed by atoms with Crippen LogP contribution in [0.2, 0.25) is 0 Å². The van der Waals surface area contributed by atoms with Gasteiger partial charge in [0.2, 0.25) is 0 Å². The second-order valence-electron chi connectivity index (χ2n) is 4.43. The van der Waals surface area contributed by atoms with E-state index in [2.05, 4.69) is 29.1 Å². The number of hydrogen-bond acceptors (Lipinski definition) is 4. The van der Waals surface area contributed by atoms with E-state index in [1.807, 2.05) is 5.38 Å². The molecule has 1 fully saturated rings. The maximum absolute atomic E-state index is 11.0. The molecule has 0 amide bonds. The van der Waals surface area contributed by atoms with Crippen molar-refractivity contribution in [1.29, 1.82) is 0 Å². The molecule has 94 valence electrons. The van der Waals surface area contributed by atoms with Crippen molar-refractivity contribution in [3.8, 4) is 0 Å². The van der Waals surface area contributed by atoms with Gasteiger partial charge in [0.25, 0.3) is 0 Å². The van der Waals surface area contributed by atoms with E-state index < -0.39 is 0 Å². The Hall–Kier alpha value is -0.750. The Morgan fingerprint density at radius 1 is 1.59 bits per heavy atom. The summed E-state index contributed by atoms with van der Waals surface area (Å²) in [5.74, 6) is 1.11. The van der Waals surface area contributed by atoms with E-state index in [9.17, 15) is 4.79 Å². The fourth-order valence-corrected chi connectivity index (χ4v) is 3.42. The minimum Gasteiger partial charge on any atom is -0.360 e. The van der Waals surface area contributed by atoms with Gasteiger partial charge in [0.1, 0.15) is 0 Å². The summed E-state index contributed by atoms with van der Waals surface area (Å²) in [7, 11) is 0. The first-order valence-corrected chi connectivity index (χ1v) is 7.60. The standard InChI is InChI=1S/C11H17N3OS2/c1-3-11(2)4-5-16-9(14-11)12-6-8-7-17-10(15)13-8/h7H,3-6H2,1-2H3,(H,12,14)(H,13,15). The number of aromatic nitrogens is 1. The van der Waals surface area contributed by atoms with Gasteiger partial charge in [-0.3, -0.25) is 9.79 Å². The molecule has 6 heteroatoms. The van der Waals surface area contributed by atoms with Crippen LogP contribution in [0.15, 0.2) is 15.2 Å². The first kappa shape index (κ1) is 12.7. The molecule has 1 aromatic heterocycles. The van der Waals surface area contributed by atoms with Gasteiger partial charge in [-0.1, -0.05) is 30.0 Å². The predicted molar refractivity (Wildman–Crippen MR) is 75.0 cm³/mol. The Bertz CT molecular complexity index is 465. The van der Waals surface area contributed by atoms with Crippen LogP contribution in [0.25, 0.3) is 0 Å². The third-order valence-corrected chi connectivity index (χ3v) is 4.68. The van der Waals surface area contributed by atoms with Crippen LogP contribution in [0.3, 0.4) is 0 Å². The number of amidine groups is 1. The molecule has 0 bridgehead atoms. The van der Waals surface area contributed by atoms with Gasteiger partial charge in [-0.15, -0.1) is 0 Å². The van der Waals surface area contributed by atoms with Crippen LogP contribution in [0.5, 0.6) is 0 Å². The van der Waals surface area contributed by atoms with Crippen LogP contribution in [0.4, 0.5) is 0 Å². The summed E-state index contributed by atoms with van der Waals surface area (Å²) in [6.07, 6.45) is 2.27. The summed E-state index contributed by atoms with van der Waals surface area (Å²) in [5, 5.41) is 6.31. The molecule has 1 aliphatic rings. The number of thiazole rings is 1. The summed E-state index contributed by atoms with van der Waals surface area (Å²) in [5.41, 5.74) is 1.06. The summed E-state index contributed by atoms with van der Waals surface area (Å²) in [6.45, 7) is 4.97. The Morgan fingerprint density at radius 3 is 3.06 bits per heavy atom. The van der Waals surface area contributed by atoms with Crippen molar-refractivity contribution < 1.29 is 0 Å². The average molecular weight is 271 g/mol. The molecule has 2 rings (SSSR count). The highest BCUT2D eigenvalue weighted by molar-refractivity contribution is 8.13. The fraction of sp³-hybridized carbons (Fsp3) is 0.636. The van der Waals surface area contributed by atoms with Gasteiger partial charge in [-0.2, -0.15) is 0 Å². The Labute approximate surface area is 109 Å². The van der Waals surface area contributed by atoms with E-state index in [1.54, 1.807) is 11.8 Å². The number of thioether (sulfide) groups is 1. The third kappa shape index (κ3) is 3.35. The SMILES string of the molecule is CCC1(C)CCSC(=NCc2csc(=O)[nH]2)N1. The summed E-state index contributed by atoms with van der Waals surface area (Å²) in [4.78, 5) is 18.3. The minimum absolute atomic E-state index is 0.0112. The largest absolute Gasteiger partial charge is 0.360 e. The van der Waals surface area contributed by atoms with Crippen molar-refractivity contribution in [2.45, 2.75) is 38.8 Å². The molecule has 1 aliphatic heterocycles. The zero-order chi connectivity index (χ0) is 12.3. The average Bonchev–Trinajstić information content (AvgIpc) is 2.73. The number of H-pyrrole nitrogens is 1. The van der Waals surface area contributed by atoms with Gasteiger partial charge in [-0.05, 0) is 19.8 Å². The van der Waals surface area contributed by atoms with Crippen LogP contribution in [0.1, 0.15) is 32.4 Å². The van der Waals surface area contributed by atoms with Crippen LogP contribution < -0.4 is 10.2 Å². The van der Waals surface area contributed by atoms with Crippen LogP contribution in [0, 0.1) is 0 Å². The molecule has 1 saturated heterocycles. The number of nitrogens with zero attached hydrogens (tertiary/aromatic N) is 1. The topological polar surface area (TPSA) is 57.2 Å². The molecule has 0 saturated carbocycles. The summed E-state index contributed by atoms with van der Waals surface area (Å²) >= 11 is 2.94. The van der Waals surface area contributed by atoms with Crippen molar-refractivity contribution in [3.63, 3.8) is 0 Å².